The van der Waals surface area contributed by atoms with Crippen LogP contribution in [0.15, 0.2) is 58.4 Å². The van der Waals surface area contributed by atoms with Crippen molar-refractivity contribution in [3.05, 3.63) is 97.0 Å². The van der Waals surface area contributed by atoms with E-state index in [1.807, 2.05) is 0 Å². The van der Waals surface area contributed by atoms with Crippen molar-refractivity contribution >= 4 is 22.1 Å². The lowest BCUT2D eigenvalue weighted by atomic mass is 10.2. The van der Waals surface area contributed by atoms with Gasteiger partial charge in [-0.15, -0.1) is 11.3 Å². The van der Waals surface area contributed by atoms with Crippen molar-refractivity contribution in [3.63, 3.8) is 0 Å². The maximum Gasteiger partial charge on any atom is 0.336 e. The molecular weight excluding hydrogens is 435 g/mol. The highest BCUT2D eigenvalue weighted by Crippen LogP contribution is 2.18. The summed E-state index contributed by atoms with van der Waals surface area (Å²) in [5.41, 5.74) is 0.546. The van der Waals surface area contributed by atoms with Gasteiger partial charge in [0.2, 0.25) is 5.88 Å². The zero-order chi connectivity index (χ0) is 22.8. The molecule has 3 heterocycles. The maximum atomic E-state index is 13.5. The van der Waals surface area contributed by atoms with Gasteiger partial charge in [0.15, 0.2) is 0 Å². The number of nitrogens with one attached hydrogen (secondary N) is 1. The predicted octanol–water partition coefficient (Wildman–Crippen LogP) is 2.35. The van der Waals surface area contributed by atoms with Gasteiger partial charge in [0.05, 0.1) is 13.7 Å². The first-order chi connectivity index (χ1) is 15.4. The number of methoxy groups -OCH3 is 1. The molecule has 0 bridgehead atoms. The van der Waals surface area contributed by atoms with E-state index in [0.717, 1.165) is 21.5 Å². The minimum absolute atomic E-state index is 0.0684. The normalized spacial score (nSPS) is 11.0. The Bertz CT molecular complexity index is 1420. The summed E-state index contributed by atoms with van der Waals surface area (Å²) >= 11 is 1.06. The Morgan fingerprint density at radius 2 is 2.03 bits per heavy atom. The van der Waals surface area contributed by atoms with E-state index in [1.165, 1.54) is 35.9 Å². The van der Waals surface area contributed by atoms with E-state index in [0.29, 0.717) is 21.8 Å². The fourth-order valence-corrected chi connectivity index (χ4v) is 4.23. The van der Waals surface area contributed by atoms with E-state index in [2.05, 4.69) is 10.3 Å². The van der Waals surface area contributed by atoms with Gasteiger partial charge in [-0.25, -0.2) is 14.2 Å². The summed E-state index contributed by atoms with van der Waals surface area (Å²) in [7, 11) is 1.52. The summed E-state index contributed by atoms with van der Waals surface area (Å²) in [6.07, 6.45) is 3.01. The fourth-order valence-electron chi connectivity index (χ4n) is 3.23. The molecule has 0 saturated heterocycles. The van der Waals surface area contributed by atoms with Crippen LogP contribution in [0.5, 0.6) is 5.88 Å². The van der Waals surface area contributed by atoms with Gasteiger partial charge in [-0.1, -0.05) is 18.2 Å². The smallest absolute Gasteiger partial charge is 0.336 e. The number of rotatable bonds is 6. The number of pyridine rings is 1. The van der Waals surface area contributed by atoms with Gasteiger partial charge in [-0.2, -0.15) is 0 Å². The quantitative estimate of drug-likeness (QED) is 0.483. The largest absolute Gasteiger partial charge is 0.481 e. The first-order valence-corrected chi connectivity index (χ1v) is 10.5. The van der Waals surface area contributed by atoms with E-state index in [4.69, 9.17) is 4.74 Å². The third-order valence-electron chi connectivity index (χ3n) is 4.91. The first-order valence-electron chi connectivity index (χ1n) is 9.64. The monoisotopic (exact) mass is 454 g/mol. The molecular formula is C22H19FN4O4S. The number of benzene rings is 1. The molecule has 8 nitrogen and oxygen atoms in total. The van der Waals surface area contributed by atoms with Crippen molar-refractivity contribution in [3.8, 4) is 5.88 Å². The van der Waals surface area contributed by atoms with Gasteiger partial charge < -0.3 is 10.1 Å². The minimum Gasteiger partial charge on any atom is -0.481 e. The first kappa shape index (κ1) is 21.4. The van der Waals surface area contributed by atoms with Gasteiger partial charge in [-0.3, -0.25) is 18.6 Å². The summed E-state index contributed by atoms with van der Waals surface area (Å²) in [6, 6.07) is 9.20. The van der Waals surface area contributed by atoms with E-state index in [1.54, 1.807) is 31.3 Å². The zero-order valence-corrected chi connectivity index (χ0v) is 18.1. The number of carbonyl (C=O) groups excluding carboxylic acids is 1. The van der Waals surface area contributed by atoms with Crippen molar-refractivity contribution in [2.45, 2.75) is 20.0 Å². The molecule has 0 unspecified atom stereocenters. The highest BCUT2D eigenvalue weighted by Gasteiger charge is 2.18. The highest BCUT2D eigenvalue weighted by molar-refractivity contribution is 7.19. The number of fused-ring (bicyclic) bond motifs is 1. The molecule has 0 aliphatic heterocycles. The molecule has 0 spiro atoms. The molecule has 10 heteroatoms. The number of aryl methyl sites for hydroxylation is 1. The summed E-state index contributed by atoms with van der Waals surface area (Å²) < 4.78 is 20.8. The molecule has 0 aliphatic carbocycles. The molecule has 0 radical (unpaired) electrons. The van der Waals surface area contributed by atoms with Gasteiger partial charge in [0.1, 0.15) is 15.5 Å². The summed E-state index contributed by atoms with van der Waals surface area (Å²) in [5, 5.41) is 2.78. The van der Waals surface area contributed by atoms with Crippen LogP contribution in [0, 0.1) is 12.7 Å². The Morgan fingerprint density at radius 1 is 1.22 bits per heavy atom. The van der Waals surface area contributed by atoms with E-state index in [9.17, 15) is 18.8 Å². The van der Waals surface area contributed by atoms with Crippen LogP contribution in [0.4, 0.5) is 4.39 Å². The Morgan fingerprint density at radius 3 is 2.72 bits per heavy atom. The van der Waals surface area contributed by atoms with E-state index < -0.39 is 17.1 Å². The van der Waals surface area contributed by atoms with E-state index >= 15 is 0 Å². The lowest BCUT2D eigenvalue weighted by molar-refractivity contribution is 0.0954. The molecule has 3 aromatic heterocycles. The minimum atomic E-state index is -0.588. The molecule has 0 atom stereocenters. The Kier molecular flexibility index (Phi) is 5.87. The molecule has 4 aromatic rings. The predicted molar refractivity (Wildman–Crippen MR) is 118 cm³/mol. The van der Waals surface area contributed by atoms with Gasteiger partial charge in [-0.05, 0) is 30.2 Å². The van der Waals surface area contributed by atoms with Crippen LogP contribution in [0.2, 0.25) is 0 Å². The van der Waals surface area contributed by atoms with Crippen LogP contribution in [0.25, 0.3) is 4.83 Å². The molecule has 0 aliphatic rings. The number of amides is 1. The van der Waals surface area contributed by atoms with Gasteiger partial charge >= 0.3 is 5.69 Å². The van der Waals surface area contributed by atoms with Crippen LogP contribution < -0.4 is 21.3 Å². The van der Waals surface area contributed by atoms with Crippen molar-refractivity contribution in [2.75, 3.05) is 7.11 Å². The third-order valence-corrected chi connectivity index (χ3v) is 6.12. The summed E-state index contributed by atoms with van der Waals surface area (Å²) in [5.74, 6) is -0.355. The number of ether oxygens (including phenoxy) is 1. The number of aromatic nitrogens is 3. The molecule has 0 saturated carbocycles. The van der Waals surface area contributed by atoms with Crippen LogP contribution >= 0.6 is 11.3 Å². The van der Waals surface area contributed by atoms with Crippen LogP contribution in [-0.4, -0.2) is 27.0 Å². The number of halogens is 1. The molecule has 4 rings (SSSR count). The number of hydrogen-bond acceptors (Lipinski definition) is 6. The summed E-state index contributed by atoms with van der Waals surface area (Å²) in [4.78, 5) is 43.1. The Balaban J connectivity index is 1.62. The van der Waals surface area contributed by atoms with E-state index in [-0.39, 0.29) is 23.9 Å². The second-order valence-electron chi connectivity index (χ2n) is 7.09. The second-order valence-corrected chi connectivity index (χ2v) is 8.12. The van der Waals surface area contributed by atoms with Crippen LogP contribution in [-0.2, 0) is 13.1 Å². The SMILES string of the molecule is COc1ccc(CNC(=O)c2cn3c(=O)n(Cc4cccc(F)c4)c(=O)c(C)c3s2)cn1. The molecule has 1 aromatic carbocycles. The molecule has 32 heavy (non-hydrogen) atoms. The average Bonchev–Trinajstić information content (AvgIpc) is 3.25. The molecule has 0 fully saturated rings. The maximum absolute atomic E-state index is 13.5. The Labute approximate surface area is 185 Å². The van der Waals surface area contributed by atoms with Gasteiger partial charge in [0, 0.05) is 30.6 Å². The van der Waals surface area contributed by atoms with Crippen molar-refractivity contribution in [2.24, 2.45) is 0 Å². The van der Waals surface area contributed by atoms with Gasteiger partial charge in [0.25, 0.3) is 11.5 Å². The second kappa shape index (κ2) is 8.75. The van der Waals surface area contributed by atoms with Crippen molar-refractivity contribution in [1.82, 2.24) is 19.3 Å². The lowest BCUT2D eigenvalue weighted by Gasteiger charge is -2.07. The molecule has 164 valence electrons. The number of thiazole rings is 1. The Hall–Kier alpha value is -3.79. The lowest BCUT2D eigenvalue weighted by Crippen LogP contribution is -2.38. The topological polar surface area (TPSA) is 94.7 Å². The molecule has 1 amide bonds. The number of carbonyl (C=O) groups is 1. The molecule has 1 N–H and O–H groups in total. The number of hydrogen-bond donors (Lipinski definition) is 1. The number of nitrogens with zero attached hydrogens (tertiary/aromatic N) is 3. The zero-order valence-electron chi connectivity index (χ0n) is 17.3. The van der Waals surface area contributed by atoms with Crippen molar-refractivity contribution in [1.29, 1.82) is 0 Å². The fraction of sp³-hybridized carbons (Fsp3) is 0.182. The highest BCUT2D eigenvalue weighted by atomic mass is 32.1. The van der Waals surface area contributed by atoms with Crippen LogP contribution in [0.3, 0.4) is 0 Å². The standard InChI is InChI=1S/C22H19FN4O4S/c1-13-20(29)26(11-14-4-3-5-16(23)8-14)22(30)27-12-17(32-21(13)27)19(28)25-10-15-6-7-18(31-2)24-9-15/h3-9,12H,10-11H2,1-2H3,(H,25,28). The van der Waals surface area contributed by atoms with Crippen molar-refractivity contribution < 1.29 is 13.9 Å². The van der Waals surface area contributed by atoms with Crippen LogP contribution in [0.1, 0.15) is 26.4 Å². The average molecular weight is 454 g/mol. The third kappa shape index (κ3) is 4.17. The summed E-state index contributed by atoms with van der Waals surface area (Å²) in [6.45, 7) is 1.77.